The summed E-state index contributed by atoms with van der Waals surface area (Å²) in [5.41, 5.74) is 0. The molecule has 4 N–H and O–H groups in total. The number of carboxylic acid groups (broad SMARTS) is 2. The van der Waals surface area contributed by atoms with Crippen LogP contribution in [0.3, 0.4) is 0 Å². The Hall–Kier alpha value is 1.88. The van der Waals surface area contributed by atoms with Crippen LogP contribution < -0.4 is 10.2 Å². The van der Waals surface area contributed by atoms with Crippen LogP contribution in [0.1, 0.15) is 0 Å². The van der Waals surface area contributed by atoms with Gasteiger partial charge in [0.15, 0.2) is 0 Å². The fourth-order valence-electron chi connectivity index (χ4n) is 0. The molecule has 0 amide bonds. The van der Waals surface area contributed by atoms with Crippen LogP contribution in [0.15, 0.2) is 0 Å². The van der Waals surface area contributed by atoms with Crippen LogP contribution in [0, 0.1) is 71.2 Å². The SMILES string of the molecule is O=C([O-])C(=O)[O-].[La+3].[La+3].[OH-].[OH-].[OH-].[OH-].[Ti]. The Labute approximate surface area is 144 Å². The molecule has 0 aliphatic heterocycles. The van der Waals surface area contributed by atoms with E-state index in [9.17, 15) is 0 Å². The monoisotopic (exact) mass is 482 g/mol. The third kappa shape index (κ3) is 56.6. The minimum Gasteiger partial charge on any atom is -0.870 e. The molecule has 13 heavy (non-hydrogen) atoms. The summed E-state index contributed by atoms with van der Waals surface area (Å²) >= 11 is 0. The van der Waals surface area contributed by atoms with Crippen molar-refractivity contribution in [2.24, 2.45) is 0 Å². The van der Waals surface area contributed by atoms with Gasteiger partial charge in [-0.2, -0.15) is 0 Å². The molecule has 0 fully saturated rings. The fourth-order valence-corrected chi connectivity index (χ4v) is 0. The largest absolute Gasteiger partial charge is 3.00 e. The standard InChI is InChI=1S/C2H2O4.2La.4H2O.Ti/c3-1(4)2(5)6;;;;;;;/h(H,3,4)(H,5,6);;;4*1H2;/q;2*+3;;;;;/p-6. The summed E-state index contributed by atoms with van der Waals surface area (Å²) in [6.07, 6.45) is 0. The van der Waals surface area contributed by atoms with Crippen molar-refractivity contribution in [1.29, 1.82) is 0 Å². The summed E-state index contributed by atoms with van der Waals surface area (Å²) in [5, 5.41) is 17.9. The number of hydrogen-bond donors (Lipinski definition) is 0. The number of rotatable bonds is 0. The van der Waals surface area contributed by atoms with Crippen LogP contribution in [-0.2, 0) is 31.3 Å². The van der Waals surface area contributed by atoms with E-state index in [0.29, 0.717) is 0 Å². The van der Waals surface area contributed by atoms with Gasteiger partial charge in [0.2, 0.25) is 0 Å². The summed E-state index contributed by atoms with van der Waals surface area (Å²) in [4.78, 5) is 17.9. The smallest absolute Gasteiger partial charge is 0.870 e. The molecule has 0 radical (unpaired) electrons. The molecular formula is C2H4La2O8Ti. The second kappa shape index (κ2) is 37.1. The van der Waals surface area contributed by atoms with Gasteiger partial charge in [0, 0.05) is 21.7 Å². The minimum absolute atomic E-state index is 0. The van der Waals surface area contributed by atoms with E-state index in [2.05, 4.69) is 0 Å². The van der Waals surface area contributed by atoms with Crippen molar-refractivity contribution < 1.29 is 135 Å². The molecule has 0 aromatic rings. The molecule has 0 aliphatic carbocycles. The molecule has 0 aliphatic rings. The number of carboxylic acids is 2. The quantitative estimate of drug-likeness (QED) is 0.244. The second-order valence-corrected chi connectivity index (χ2v) is 0.575. The van der Waals surface area contributed by atoms with Gasteiger partial charge < -0.3 is 41.7 Å². The third-order valence-corrected chi connectivity index (χ3v) is 0.167. The molecule has 0 bridgehead atoms. The number of carbonyl (C=O) groups is 2. The summed E-state index contributed by atoms with van der Waals surface area (Å²) < 4.78 is 0. The predicted octanol–water partition coefficient (Wildman–Crippen LogP) is -4.22. The van der Waals surface area contributed by atoms with Crippen molar-refractivity contribution in [1.82, 2.24) is 0 Å². The zero-order valence-electron chi connectivity index (χ0n) is 6.08. The van der Waals surface area contributed by atoms with Crippen molar-refractivity contribution in [3.05, 3.63) is 0 Å². The van der Waals surface area contributed by atoms with Crippen LogP contribution >= 0.6 is 0 Å². The molecule has 0 unspecified atom stereocenters. The van der Waals surface area contributed by atoms with Gasteiger partial charge in [-0.05, 0) is 0 Å². The summed E-state index contributed by atoms with van der Waals surface area (Å²) in [7, 11) is 0. The Balaban J connectivity index is -0.00000000595. The van der Waals surface area contributed by atoms with Gasteiger partial charge in [0.1, 0.15) is 0 Å². The zero-order valence-corrected chi connectivity index (χ0v) is 14.9. The topological polar surface area (TPSA) is 200 Å². The minimum atomic E-state index is -2.19. The van der Waals surface area contributed by atoms with Gasteiger partial charge in [-0.15, -0.1) is 0 Å². The third-order valence-electron chi connectivity index (χ3n) is 0.167. The van der Waals surface area contributed by atoms with Gasteiger partial charge in [-0.1, -0.05) is 0 Å². The molecule has 11 heteroatoms. The molecule has 0 aromatic heterocycles. The average molecular weight is 482 g/mol. The number of carbonyl (C=O) groups excluding carboxylic acids is 2. The predicted molar refractivity (Wildman–Crippen MR) is 17.8 cm³/mol. The average Bonchev–Trinajstić information content (AvgIpc) is 1.36. The first-order chi connectivity index (χ1) is 2.64. The normalized spacial score (nSPS) is 3.38. The first kappa shape index (κ1) is 60.5. The van der Waals surface area contributed by atoms with E-state index in [1.54, 1.807) is 0 Å². The Bertz CT molecular complexity index is 86.1. The van der Waals surface area contributed by atoms with Crippen molar-refractivity contribution in [3.63, 3.8) is 0 Å². The molecule has 0 atom stereocenters. The van der Waals surface area contributed by atoms with Crippen LogP contribution in [0.2, 0.25) is 0 Å². The summed E-state index contributed by atoms with van der Waals surface area (Å²) in [5.74, 6) is -4.37. The second-order valence-electron chi connectivity index (χ2n) is 0.575. The Kier molecular flexibility index (Phi) is 173. The van der Waals surface area contributed by atoms with Gasteiger partial charge in [0.25, 0.3) is 0 Å². The maximum atomic E-state index is 8.93. The van der Waals surface area contributed by atoms with Crippen LogP contribution in [0.25, 0.3) is 0 Å². The van der Waals surface area contributed by atoms with Gasteiger partial charge in [0.05, 0.1) is 11.9 Å². The fraction of sp³-hybridized carbons (Fsp3) is 0. The van der Waals surface area contributed by atoms with E-state index in [0.717, 1.165) is 0 Å². The molecule has 0 rings (SSSR count). The Morgan fingerprint density at radius 2 is 0.769 bits per heavy atom. The van der Waals surface area contributed by atoms with Gasteiger partial charge in [-0.25, -0.2) is 0 Å². The van der Waals surface area contributed by atoms with E-state index in [1.807, 2.05) is 0 Å². The van der Waals surface area contributed by atoms with Crippen molar-refractivity contribution in [3.8, 4) is 0 Å². The molecule has 8 nitrogen and oxygen atoms in total. The van der Waals surface area contributed by atoms with E-state index in [1.165, 1.54) is 0 Å². The molecule has 0 saturated heterocycles. The summed E-state index contributed by atoms with van der Waals surface area (Å²) in [6.45, 7) is 0. The molecule has 0 aromatic carbocycles. The molecule has 0 heterocycles. The molecule has 0 saturated carbocycles. The molecule has 0 spiro atoms. The van der Waals surface area contributed by atoms with Gasteiger partial charge >= 0.3 is 71.2 Å². The maximum Gasteiger partial charge on any atom is 3.00 e. The Morgan fingerprint density at radius 1 is 0.692 bits per heavy atom. The summed E-state index contributed by atoms with van der Waals surface area (Å²) in [6, 6.07) is 0. The molecular weight excluding hydrogens is 478 g/mol. The maximum absolute atomic E-state index is 8.93. The number of hydrogen-bond acceptors (Lipinski definition) is 8. The number of aliphatic carboxylic acids is 2. The Morgan fingerprint density at radius 3 is 0.769 bits per heavy atom. The van der Waals surface area contributed by atoms with E-state index in [-0.39, 0.29) is 115 Å². The van der Waals surface area contributed by atoms with Crippen LogP contribution in [0.4, 0.5) is 0 Å². The van der Waals surface area contributed by atoms with E-state index in [4.69, 9.17) is 19.8 Å². The first-order valence-electron chi connectivity index (χ1n) is 1.07. The van der Waals surface area contributed by atoms with Crippen LogP contribution in [0.5, 0.6) is 0 Å². The first-order valence-corrected chi connectivity index (χ1v) is 1.07. The molecule has 70 valence electrons. The van der Waals surface area contributed by atoms with Crippen molar-refractivity contribution >= 4 is 11.9 Å². The van der Waals surface area contributed by atoms with E-state index < -0.39 is 11.9 Å². The zero-order chi connectivity index (χ0) is 5.15. The van der Waals surface area contributed by atoms with Crippen LogP contribution in [-0.4, -0.2) is 33.8 Å². The van der Waals surface area contributed by atoms with Gasteiger partial charge in [-0.3, -0.25) is 0 Å². The van der Waals surface area contributed by atoms with Crippen molar-refractivity contribution in [2.75, 3.05) is 0 Å². The van der Waals surface area contributed by atoms with Crippen molar-refractivity contribution in [2.45, 2.75) is 0 Å². The van der Waals surface area contributed by atoms with E-state index >= 15 is 0 Å².